The summed E-state index contributed by atoms with van der Waals surface area (Å²) < 4.78 is 10.9. The van der Waals surface area contributed by atoms with Crippen LogP contribution < -0.4 is 27.8 Å². The highest BCUT2D eigenvalue weighted by Gasteiger charge is 2.39. The zero-order valence-electron chi connectivity index (χ0n) is 57.4. The molecule has 2 aliphatic heterocycles. The summed E-state index contributed by atoms with van der Waals surface area (Å²) in [4.78, 5) is 107. The van der Waals surface area contributed by atoms with Gasteiger partial charge in [0.15, 0.2) is 11.6 Å². The van der Waals surface area contributed by atoms with Gasteiger partial charge in [-0.3, -0.25) is 28.8 Å². The Morgan fingerprint density at radius 3 is 1.29 bits per heavy atom. The summed E-state index contributed by atoms with van der Waals surface area (Å²) in [5.41, 5.74) is 21.1. The molecule has 2 aromatic rings. The molecule has 0 saturated heterocycles. The minimum atomic E-state index is -0.907. The number of carbonyl (C=O) groups excluding carboxylic acids is 8. The Morgan fingerprint density at radius 2 is 0.914 bits per heavy atom. The topological polar surface area (TPSA) is 298 Å². The number of aliphatic hydroxyl groups is 2. The Balaban J connectivity index is 0.000000375. The van der Waals surface area contributed by atoms with Gasteiger partial charge in [-0.15, -0.1) is 0 Å². The maximum Gasteiger partial charge on any atom is 0.405 e. The number of benzene rings is 2. The first-order chi connectivity index (χ1) is 43.9. The number of fused-ring (bicyclic) bond motifs is 4. The van der Waals surface area contributed by atoms with E-state index >= 15 is 0 Å². The lowest BCUT2D eigenvalue weighted by atomic mass is 9.77. The molecule has 0 radical (unpaired) electrons. The Bertz CT molecular complexity index is 3360. The van der Waals surface area contributed by atoms with Gasteiger partial charge in [-0.05, 0) is 132 Å². The average Bonchev–Trinajstić information content (AvgIpc) is 0.826. The van der Waals surface area contributed by atoms with Crippen molar-refractivity contribution in [3.8, 4) is 0 Å². The van der Waals surface area contributed by atoms with Crippen molar-refractivity contribution in [2.24, 2.45) is 64.5 Å². The minimum absolute atomic E-state index is 0.0110. The van der Waals surface area contributed by atoms with Crippen molar-refractivity contribution in [2.45, 2.75) is 180 Å². The zero-order chi connectivity index (χ0) is 69.6. The molecule has 4 amide bonds. The van der Waals surface area contributed by atoms with Crippen molar-refractivity contribution in [2.75, 3.05) is 6.54 Å². The molecule has 4 aliphatic rings. The van der Waals surface area contributed by atoms with Crippen LogP contribution in [0.4, 0.5) is 9.59 Å². The second kappa shape index (κ2) is 36.9. The van der Waals surface area contributed by atoms with Crippen LogP contribution in [0.25, 0.3) is 11.1 Å². The van der Waals surface area contributed by atoms with Gasteiger partial charge in [-0.2, -0.15) is 0 Å². The van der Waals surface area contributed by atoms with E-state index in [0.717, 1.165) is 37.0 Å². The molecule has 93 heavy (non-hydrogen) atoms. The Kier molecular flexibility index (Phi) is 30.7. The smallest absolute Gasteiger partial charge is 0.405 e. The number of carbonyl (C=O) groups is 8. The normalized spacial score (nSPS) is 29.8. The number of amides is 4. The van der Waals surface area contributed by atoms with Crippen molar-refractivity contribution in [3.05, 3.63) is 176 Å². The van der Waals surface area contributed by atoms with E-state index in [2.05, 4.69) is 17.6 Å². The first-order valence-electron chi connectivity index (χ1n) is 32.8. The summed E-state index contributed by atoms with van der Waals surface area (Å²) >= 11 is 0. The summed E-state index contributed by atoms with van der Waals surface area (Å²) in [6, 6.07) is 17.8. The van der Waals surface area contributed by atoms with Crippen LogP contribution >= 0.6 is 0 Å². The number of unbranched alkanes of at least 4 members (excludes halogenated alkanes) is 1. The van der Waals surface area contributed by atoms with Crippen molar-refractivity contribution in [3.63, 3.8) is 0 Å². The molecule has 6 rings (SSSR count). The monoisotopic (exact) mass is 1280 g/mol. The molecule has 17 heteroatoms. The molecule has 17 nitrogen and oxygen atoms in total. The van der Waals surface area contributed by atoms with Crippen LogP contribution in [-0.2, 0) is 38.2 Å². The number of ether oxygens (including phenoxy) is 2. The van der Waals surface area contributed by atoms with E-state index in [-0.39, 0.29) is 93.0 Å². The first-order valence-corrected chi connectivity index (χ1v) is 32.8. The third-order valence-corrected chi connectivity index (χ3v) is 17.6. The fraction of sp³-hybridized carbons (Fsp3) is 0.474. The van der Waals surface area contributed by atoms with E-state index < -0.39 is 48.4 Å². The van der Waals surface area contributed by atoms with Crippen LogP contribution in [-0.4, -0.2) is 88.3 Å². The summed E-state index contributed by atoms with van der Waals surface area (Å²) in [6.45, 7) is 29.0. The summed E-state index contributed by atoms with van der Waals surface area (Å²) in [6.07, 6.45) is 14.4. The molecular weight excluding hydrogens is 1170 g/mol. The fourth-order valence-electron chi connectivity index (χ4n) is 12.4. The number of allylic oxidation sites excluding steroid dienone is 10. The highest BCUT2D eigenvalue weighted by Crippen LogP contribution is 2.39. The van der Waals surface area contributed by atoms with Crippen LogP contribution in [0.1, 0.15) is 166 Å². The number of nitrogens with two attached hydrogens (primary N) is 3. The molecule has 0 aromatic heterocycles. The Hall–Kier alpha value is -8.12. The van der Waals surface area contributed by atoms with Gasteiger partial charge in [0.05, 0.1) is 23.4 Å². The van der Waals surface area contributed by atoms with Gasteiger partial charge in [-0.25, -0.2) is 9.59 Å². The van der Waals surface area contributed by atoms with Gasteiger partial charge in [-0.1, -0.05) is 185 Å². The number of rotatable bonds is 8. The summed E-state index contributed by atoms with van der Waals surface area (Å²) in [5, 5.41) is 28.1. The molecule has 0 spiro atoms. The third kappa shape index (κ3) is 21.7. The lowest BCUT2D eigenvalue weighted by molar-refractivity contribution is -0.120. The van der Waals surface area contributed by atoms with E-state index in [4.69, 9.17) is 26.7 Å². The summed E-state index contributed by atoms with van der Waals surface area (Å²) in [5.74, 6) is -3.77. The quantitative estimate of drug-likeness (QED) is 0.0957. The predicted molar refractivity (Wildman–Crippen MR) is 368 cm³/mol. The van der Waals surface area contributed by atoms with Gasteiger partial charge in [0.2, 0.25) is 11.6 Å². The zero-order valence-corrected chi connectivity index (χ0v) is 57.4. The second-order valence-electron chi connectivity index (χ2n) is 25.9. The summed E-state index contributed by atoms with van der Waals surface area (Å²) in [7, 11) is 0. The number of aliphatic hydroxyl groups excluding tert-OH is 2. The average molecular weight is 1280 g/mol. The van der Waals surface area contributed by atoms with Crippen LogP contribution in [0.15, 0.2) is 165 Å². The van der Waals surface area contributed by atoms with Gasteiger partial charge in [0, 0.05) is 57.1 Å². The molecule has 12 atom stereocenters. The number of Topliss-reactive ketones (excluding diaryl/α,β-unsaturated/α-hetero) is 4. The fourth-order valence-corrected chi connectivity index (χ4v) is 12.4. The van der Waals surface area contributed by atoms with E-state index in [1.807, 2.05) is 100 Å². The van der Waals surface area contributed by atoms with Gasteiger partial charge in [0.1, 0.15) is 23.6 Å². The molecule has 0 fully saturated rings. The van der Waals surface area contributed by atoms with Crippen molar-refractivity contribution in [1.82, 2.24) is 10.6 Å². The maximum atomic E-state index is 14.3. The van der Waals surface area contributed by atoms with Gasteiger partial charge < -0.3 is 47.5 Å². The van der Waals surface area contributed by atoms with Gasteiger partial charge >= 0.3 is 12.2 Å². The third-order valence-electron chi connectivity index (χ3n) is 17.6. The number of hydrogen-bond donors (Lipinski definition) is 7. The van der Waals surface area contributed by atoms with E-state index in [9.17, 15) is 48.6 Å². The molecule has 504 valence electrons. The predicted octanol–water partition coefficient (Wildman–Crippen LogP) is 12.7. The molecule has 0 saturated carbocycles. The van der Waals surface area contributed by atoms with Crippen LogP contribution in [0.5, 0.6) is 0 Å². The second-order valence-corrected chi connectivity index (χ2v) is 25.9. The number of ketones is 4. The molecule has 2 aliphatic carbocycles. The first kappa shape index (κ1) is 77.3. The van der Waals surface area contributed by atoms with Gasteiger partial charge in [0.25, 0.3) is 11.8 Å². The SMILES string of the molecule is CC1=C2C[C@@H](C)C[C@H](C)[C@H](O)[C@@H](C)/C=C(\C)[C@H](OC(N)=O)[C@@H](C)/C=C\C=C(/C)C(=O)NC(=C(c3ccccc3)C1=O)C2=O.CCCCC1=C2C[C@@H](C)C[C@H](C)[C@H](O)[C@@H](C)/C=C(\C)[C@H](OC(N)=O)[C@@H](C)/C=C\C=C(/C)C(=O)NC(=C(c3ccccc3)C1=O)C2=O.CCCN. The standard InChI is InChI=1S/C38H50N2O6.C35H44N2O6.C3H9N/c1-8-9-18-29-30-20-22(2)19-25(5)33(41)26(6)21-27(7)36(46-38(39)45)23(3)14-13-15-24(4)37(44)40-32(35(30)43)31(34(29)42)28-16-11-10-12-17-28;1-19-16-22(4)30(38)23(5)18-24(6)33(43-35(36)42)20(2)12-11-13-21(3)34(41)37-29-28(26-14-9-8-10-15-26)31(39)25(7)27(17-19)32(29)40;1-2-3-4/h10-17,21-23,25-26,33,36,41H,8-9,18-20H2,1-7H3,(H2,39,45)(H,40,44);8-15,18-20,22-23,30,33,38H,16-17H2,1-7H3,(H2,36,42)(H,37,41);2-4H2,1H3/b14-13-,24-15+,27-21+;12-11-,21-13+,24-18+;/t22-,23-,25-,26-,33-,36+;19-,20-,22-,23-,30-,33+;/m00./s1. The minimum Gasteiger partial charge on any atom is -0.441 e. The molecule has 4 bridgehead atoms. The van der Waals surface area contributed by atoms with Crippen molar-refractivity contribution >= 4 is 58.3 Å². The molecule has 2 heterocycles. The Morgan fingerprint density at radius 1 is 0.538 bits per heavy atom. The number of hydrogen-bond acceptors (Lipinski definition) is 13. The van der Waals surface area contributed by atoms with Crippen molar-refractivity contribution < 1.29 is 58.0 Å². The van der Waals surface area contributed by atoms with Crippen molar-refractivity contribution in [1.29, 1.82) is 0 Å². The number of nitrogens with one attached hydrogen (secondary N) is 2. The van der Waals surface area contributed by atoms with E-state index in [1.54, 1.807) is 106 Å². The van der Waals surface area contributed by atoms with Crippen LogP contribution in [0.2, 0.25) is 0 Å². The Labute approximate surface area is 551 Å². The largest absolute Gasteiger partial charge is 0.441 e. The van der Waals surface area contributed by atoms with E-state index in [1.165, 1.54) is 0 Å². The van der Waals surface area contributed by atoms with Crippen LogP contribution in [0.3, 0.4) is 0 Å². The molecule has 10 N–H and O–H groups in total. The highest BCUT2D eigenvalue weighted by atomic mass is 16.6. The lowest BCUT2D eigenvalue weighted by Gasteiger charge is -2.29. The molecule has 0 unspecified atom stereocenters. The molecular formula is C76H103N5O12. The lowest BCUT2D eigenvalue weighted by Crippen LogP contribution is -2.35. The molecule has 2 aromatic carbocycles. The number of primary amides is 2. The highest BCUT2D eigenvalue weighted by molar-refractivity contribution is 6.40. The van der Waals surface area contributed by atoms with Crippen LogP contribution in [0, 0.1) is 47.3 Å². The maximum absolute atomic E-state index is 14.3. The van der Waals surface area contributed by atoms with E-state index in [0.29, 0.717) is 76.7 Å².